The molecule has 2 aromatic carbocycles. The van der Waals surface area contributed by atoms with Crippen LogP contribution in [0.25, 0.3) is 6.08 Å². The summed E-state index contributed by atoms with van der Waals surface area (Å²) in [4.78, 5) is 14.5. The number of likely N-dealkylation sites (N-methyl/N-ethyl adjacent to an activating group) is 1. The topological polar surface area (TPSA) is 66.8 Å². The van der Waals surface area contributed by atoms with Gasteiger partial charge in [-0.3, -0.25) is 9.69 Å². The van der Waals surface area contributed by atoms with Gasteiger partial charge >= 0.3 is 0 Å². The van der Waals surface area contributed by atoms with Crippen molar-refractivity contribution in [2.75, 3.05) is 6.54 Å². The minimum atomic E-state index is -3.87. The van der Waals surface area contributed by atoms with Gasteiger partial charge in [0.25, 0.3) is 15.9 Å². The van der Waals surface area contributed by atoms with Crippen molar-refractivity contribution in [3.05, 3.63) is 69.5 Å². The van der Waals surface area contributed by atoms with Crippen molar-refractivity contribution >= 4 is 54.9 Å². The molecule has 1 fully saturated rings. The van der Waals surface area contributed by atoms with Crippen molar-refractivity contribution in [3.63, 3.8) is 0 Å². The van der Waals surface area contributed by atoms with E-state index in [4.69, 9.17) is 0 Å². The molecule has 0 aliphatic carbocycles. The van der Waals surface area contributed by atoms with Crippen LogP contribution in [0.1, 0.15) is 12.5 Å². The highest BCUT2D eigenvalue weighted by Gasteiger charge is 2.33. The van der Waals surface area contributed by atoms with Crippen LogP contribution in [-0.4, -0.2) is 30.9 Å². The number of sulfonamides is 1. The smallest absolute Gasteiger partial charge is 0.284 e. The Hall–Kier alpha value is -1.90. The van der Waals surface area contributed by atoms with Crippen LogP contribution in [0.5, 0.6) is 0 Å². The Morgan fingerprint density at radius 3 is 2.38 bits per heavy atom. The fourth-order valence-electron chi connectivity index (χ4n) is 2.31. The number of hydrogen-bond acceptors (Lipinski definition) is 4. The molecule has 1 aliphatic heterocycles. The van der Waals surface area contributed by atoms with Crippen LogP contribution in [0, 0.1) is 0 Å². The van der Waals surface area contributed by atoms with Crippen LogP contribution in [-0.2, 0) is 14.8 Å². The number of carbonyl (C=O) groups excluding carboxylic acids is 1. The fourth-order valence-corrected chi connectivity index (χ4v) is 4.84. The van der Waals surface area contributed by atoms with Gasteiger partial charge in [-0.25, -0.2) is 0 Å². The van der Waals surface area contributed by atoms with Crippen molar-refractivity contribution in [1.29, 1.82) is 0 Å². The van der Waals surface area contributed by atoms with Crippen LogP contribution < -0.4 is 0 Å². The lowest BCUT2D eigenvalue weighted by Crippen LogP contribution is -2.29. The van der Waals surface area contributed by atoms with Crippen molar-refractivity contribution in [2.45, 2.75) is 11.8 Å². The molecule has 0 aromatic heterocycles. The Bertz CT molecular complexity index is 985. The second-order valence-corrected chi connectivity index (χ2v) is 8.90. The Morgan fingerprint density at radius 1 is 1.12 bits per heavy atom. The molecular formula is C18H15BrN2O3S2. The molecule has 26 heavy (non-hydrogen) atoms. The maximum Gasteiger partial charge on any atom is 0.284 e. The van der Waals surface area contributed by atoms with Crippen LogP contribution >= 0.6 is 27.7 Å². The molecule has 2 aromatic rings. The molecule has 0 spiro atoms. The van der Waals surface area contributed by atoms with Gasteiger partial charge in [-0.15, -0.1) is 4.40 Å². The Balaban J connectivity index is 1.96. The minimum absolute atomic E-state index is 0.0990. The highest BCUT2D eigenvalue weighted by Crippen LogP contribution is 2.33. The molecule has 0 radical (unpaired) electrons. The standard InChI is InChI=1S/C18H15BrN2O3S2/c1-2-21-17(22)16(12-13-8-10-14(19)11-9-13)25-18(21)20-26(23,24)15-6-4-3-5-7-15/h3-12H,2H2,1H3/b16-12-,20-18?. The van der Waals surface area contributed by atoms with Gasteiger partial charge in [-0.2, -0.15) is 8.42 Å². The zero-order chi connectivity index (χ0) is 18.7. The quantitative estimate of drug-likeness (QED) is 0.656. The van der Waals surface area contributed by atoms with E-state index >= 15 is 0 Å². The molecule has 1 heterocycles. The lowest BCUT2D eigenvalue weighted by atomic mass is 10.2. The van der Waals surface area contributed by atoms with Gasteiger partial charge in [0.15, 0.2) is 5.17 Å². The van der Waals surface area contributed by atoms with Crippen LogP contribution in [0.3, 0.4) is 0 Å². The summed E-state index contributed by atoms with van der Waals surface area (Å²) in [5.41, 5.74) is 0.854. The molecule has 1 amide bonds. The van der Waals surface area contributed by atoms with E-state index in [-0.39, 0.29) is 16.0 Å². The van der Waals surface area contributed by atoms with Gasteiger partial charge in [0.05, 0.1) is 9.80 Å². The number of hydrogen-bond donors (Lipinski definition) is 0. The van der Waals surface area contributed by atoms with E-state index in [9.17, 15) is 13.2 Å². The molecule has 134 valence electrons. The fraction of sp³-hybridized carbons (Fsp3) is 0.111. The molecule has 0 bridgehead atoms. The minimum Gasteiger partial charge on any atom is -0.286 e. The second kappa shape index (κ2) is 7.77. The highest BCUT2D eigenvalue weighted by atomic mass is 79.9. The van der Waals surface area contributed by atoms with Crippen molar-refractivity contribution in [3.8, 4) is 0 Å². The summed E-state index contributed by atoms with van der Waals surface area (Å²) in [7, 11) is -3.87. The molecule has 1 saturated heterocycles. The first kappa shape index (κ1) is 18.9. The molecule has 8 heteroatoms. The van der Waals surface area contributed by atoms with Gasteiger partial charge in [-0.05, 0) is 54.6 Å². The summed E-state index contributed by atoms with van der Waals surface area (Å²) in [6.07, 6.45) is 1.74. The van der Waals surface area contributed by atoms with Crippen LogP contribution in [0.15, 0.2) is 73.3 Å². The Kier molecular flexibility index (Phi) is 5.64. The summed E-state index contributed by atoms with van der Waals surface area (Å²) >= 11 is 4.44. The largest absolute Gasteiger partial charge is 0.286 e. The van der Waals surface area contributed by atoms with Crippen LogP contribution in [0.4, 0.5) is 0 Å². The third kappa shape index (κ3) is 4.08. The number of amidine groups is 1. The van der Waals surface area contributed by atoms with E-state index in [1.165, 1.54) is 17.0 Å². The lowest BCUT2D eigenvalue weighted by molar-refractivity contribution is -0.122. The molecular weight excluding hydrogens is 436 g/mol. The highest BCUT2D eigenvalue weighted by molar-refractivity contribution is 9.10. The number of amides is 1. The molecule has 5 nitrogen and oxygen atoms in total. The summed E-state index contributed by atoms with van der Waals surface area (Å²) in [5, 5.41) is 0.171. The predicted molar refractivity (Wildman–Crippen MR) is 108 cm³/mol. The first-order valence-electron chi connectivity index (χ1n) is 7.77. The zero-order valence-electron chi connectivity index (χ0n) is 13.8. The average molecular weight is 451 g/mol. The van der Waals surface area contributed by atoms with E-state index in [0.717, 1.165) is 21.8 Å². The normalized spacial score (nSPS) is 18.1. The number of halogens is 1. The number of rotatable bonds is 4. The number of thioether (sulfide) groups is 1. The van der Waals surface area contributed by atoms with E-state index in [1.807, 2.05) is 24.3 Å². The Labute approximate surface area is 165 Å². The molecule has 3 rings (SSSR count). The van der Waals surface area contributed by atoms with Gasteiger partial charge in [0, 0.05) is 11.0 Å². The summed E-state index contributed by atoms with van der Waals surface area (Å²) < 4.78 is 29.8. The van der Waals surface area contributed by atoms with E-state index in [1.54, 1.807) is 31.2 Å². The summed E-state index contributed by atoms with van der Waals surface area (Å²) in [6.45, 7) is 2.12. The van der Waals surface area contributed by atoms with Gasteiger partial charge in [-0.1, -0.05) is 46.3 Å². The van der Waals surface area contributed by atoms with Gasteiger partial charge in [0.2, 0.25) is 0 Å². The molecule has 1 aliphatic rings. The van der Waals surface area contributed by atoms with Gasteiger partial charge < -0.3 is 0 Å². The number of carbonyl (C=O) groups is 1. The number of benzene rings is 2. The summed E-state index contributed by atoms with van der Waals surface area (Å²) in [5.74, 6) is -0.248. The summed E-state index contributed by atoms with van der Waals surface area (Å²) in [6, 6.07) is 15.5. The van der Waals surface area contributed by atoms with Gasteiger partial charge in [0.1, 0.15) is 0 Å². The van der Waals surface area contributed by atoms with Crippen molar-refractivity contribution < 1.29 is 13.2 Å². The monoisotopic (exact) mass is 450 g/mol. The van der Waals surface area contributed by atoms with Crippen molar-refractivity contribution in [1.82, 2.24) is 4.90 Å². The van der Waals surface area contributed by atoms with Crippen molar-refractivity contribution in [2.24, 2.45) is 4.40 Å². The first-order valence-corrected chi connectivity index (χ1v) is 10.8. The Morgan fingerprint density at radius 2 is 1.77 bits per heavy atom. The maximum atomic E-state index is 12.6. The SMILES string of the molecule is CCN1C(=O)/C(=C/c2ccc(Br)cc2)SC1=NS(=O)(=O)c1ccccc1. The third-order valence-corrected chi connectivity index (χ3v) is 6.54. The maximum absolute atomic E-state index is 12.6. The molecule has 0 unspecified atom stereocenters. The predicted octanol–water partition coefficient (Wildman–Crippen LogP) is 4.13. The number of nitrogens with zero attached hydrogens (tertiary/aromatic N) is 2. The zero-order valence-corrected chi connectivity index (χ0v) is 17.0. The van der Waals surface area contributed by atoms with E-state index < -0.39 is 10.0 Å². The first-order chi connectivity index (χ1) is 12.4. The average Bonchev–Trinajstić information content (AvgIpc) is 2.91. The molecule has 0 saturated carbocycles. The van der Waals surface area contributed by atoms with Crippen LogP contribution in [0.2, 0.25) is 0 Å². The van der Waals surface area contributed by atoms with E-state index in [2.05, 4.69) is 20.3 Å². The second-order valence-electron chi connectivity index (χ2n) is 5.37. The lowest BCUT2D eigenvalue weighted by Gasteiger charge is -2.11. The molecule has 0 N–H and O–H groups in total. The third-order valence-electron chi connectivity index (χ3n) is 3.61. The molecule has 0 atom stereocenters. The van der Waals surface area contributed by atoms with E-state index in [0.29, 0.717) is 11.4 Å².